The van der Waals surface area contributed by atoms with Crippen LogP contribution in [0.5, 0.6) is 6.01 Å². The second-order valence-electron chi connectivity index (χ2n) is 3.93. The average molecular weight is 229 g/mol. The third kappa shape index (κ3) is 4.04. The molecule has 1 rings (SSSR count). The Hall–Kier alpha value is -0.830. The van der Waals surface area contributed by atoms with Crippen molar-refractivity contribution in [3.8, 4) is 6.01 Å². The molecule has 0 N–H and O–H groups in total. The van der Waals surface area contributed by atoms with Gasteiger partial charge in [-0.2, -0.15) is 0 Å². The van der Waals surface area contributed by atoms with Crippen LogP contribution in [0.25, 0.3) is 0 Å². The largest absolute Gasteiger partial charge is 0.463 e. The van der Waals surface area contributed by atoms with Crippen LogP contribution >= 0.6 is 11.6 Å². The Morgan fingerprint density at radius 3 is 2.73 bits per heavy atom. The number of rotatable bonds is 5. The van der Waals surface area contributed by atoms with Gasteiger partial charge in [-0.05, 0) is 19.3 Å². The summed E-state index contributed by atoms with van der Waals surface area (Å²) < 4.78 is 5.43. The topological polar surface area (TPSA) is 35.0 Å². The van der Waals surface area contributed by atoms with Crippen LogP contribution in [0.1, 0.15) is 31.5 Å². The zero-order valence-electron chi connectivity index (χ0n) is 9.46. The van der Waals surface area contributed by atoms with E-state index >= 15 is 0 Å². The van der Waals surface area contributed by atoms with Crippen molar-refractivity contribution in [1.29, 1.82) is 0 Å². The Balaban J connectivity index is 2.52. The van der Waals surface area contributed by atoms with Crippen LogP contribution in [0.2, 0.25) is 0 Å². The average Bonchev–Trinajstić information content (AvgIpc) is 2.17. The fourth-order valence-corrected chi connectivity index (χ4v) is 1.32. The first-order chi connectivity index (χ1) is 7.13. The summed E-state index contributed by atoms with van der Waals surface area (Å²) in [7, 11) is 0. The standard InChI is InChI=1S/C11H17ClN2O/c1-8(2)4-5-15-11-13-7-10(6-12)9(3)14-11/h7-8H,4-6H2,1-3H3. The second kappa shape index (κ2) is 5.91. The molecule has 0 aliphatic heterocycles. The molecule has 15 heavy (non-hydrogen) atoms. The van der Waals surface area contributed by atoms with Gasteiger partial charge in [0.25, 0.3) is 0 Å². The number of aryl methyl sites for hydroxylation is 1. The zero-order valence-corrected chi connectivity index (χ0v) is 10.2. The number of hydrogen-bond donors (Lipinski definition) is 0. The van der Waals surface area contributed by atoms with Crippen molar-refractivity contribution in [3.05, 3.63) is 17.5 Å². The Morgan fingerprint density at radius 1 is 1.47 bits per heavy atom. The molecule has 0 saturated heterocycles. The molecule has 0 spiro atoms. The van der Waals surface area contributed by atoms with Crippen LogP contribution in [0.15, 0.2) is 6.20 Å². The van der Waals surface area contributed by atoms with E-state index in [2.05, 4.69) is 23.8 Å². The van der Waals surface area contributed by atoms with Gasteiger partial charge in [-0.25, -0.2) is 9.97 Å². The van der Waals surface area contributed by atoms with Gasteiger partial charge in [0.1, 0.15) is 0 Å². The van der Waals surface area contributed by atoms with Gasteiger partial charge in [-0.15, -0.1) is 11.6 Å². The van der Waals surface area contributed by atoms with Gasteiger partial charge in [0.2, 0.25) is 0 Å². The maximum Gasteiger partial charge on any atom is 0.316 e. The van der Waals surface area contributed by atoms with Gasteiger partial charge in [0, 0.05) is 17.5 Å². The van der Waals surface area contributed by atoms with Gasteiger partial charge in [-0.1, -0.05) is 13.8 Å². The Kier molecular flexibility index (Phi) is 4.82. The Labute approximate surface area is 95.8 Å². The highest BCUT2D eigenvalue weighted by Gasteiger charge is 2.03. The van der Waals surface area contributed by atoms with Gasteiger partial charge in [0.05, 0.1) is 12.5 Å². The van der Waals surface area contributed by atoms with Crippen LogP contribution in [0.4, 0.5) is 0 Å². The summed E-state index contributed by atoms with van der Waals surface area (Å²) in [6, 6.07) is 0.446. The van der Waals surface area contributed by atoms with Crippen molar-refractivity contribution in [1.82, 2.24) is 9.97 Å². The fraction of sp³-hybridized carbons (Fsp3) is 0.636. The maximum atomic E-state index is 5.71. The van der Waals surface area contributed by atoms with E-state index in [9.17, 15) is 0 Å². The summed E-state index contributed by atoms with van der Waals surface area (Å²) in [5, 5.41) is 0. The van der Waals surface area contributed by atoms with Crippen molar-refractivity contribution in [2.45, 2.75) is 33.1 Å². The number of ether oxygens (including phenoxy) is 1. The van der Waals surface area contributed by atoms with Crippen LogP contribution < -0.4 is 4.74 Å². The van der Waals surface area contributed by atoms with Gasteiger partial charge in [0.15, 0.2) is 0 Å². The molecular weight excluding hydrogens is 212 g/mol. The van der Waals surface area contributed by atoms with E-state index in [1.54, 1.807) is 6.20 Å². The molecule has 84 valence electrons. The lowest BCUT2D eigenvalue weighted by Gasteiger charge is -2.07. The molecule has 1 heterocycles. The summed E-state index contributed by atoms with van der Waals surface area (Å²) in [6.07, 6.45) is 2.74. The van der Waals surface area contributed by atoms with Gasteiger partial charge >= 0.3 is 6.01 Å². The molecule has 0 radical (unpaired) electrons. The molecule has 0 unspecified atom stereocenters. The molecule has 4 heteroatoms. The third-order valence-electron chi connectivity index (χ3n) is 2.13. The van der Waals surface area contributed by atoms with Crippen LogP contribution in [0, 0.1) is 12.8 Å². The zero-order chi connectivity index (χ0) is 11.3. The lowest BCUT2D eigenvalue weighted by atomic mass is 10.1. The minimum Gasteiger partial charge on any atom is -0.463 e. The quantitative estimate of drug-likeness (QED) is 0.727. The molecule has 0 fully saturated rings. The molecule has 0 bridgehead atoms. The predicted molar refractivity (Wildman–Crippen MR) is 61.3 cm³/mol. The lowest BCUT2D eigenvalue weighted by molar-refractivity contribution is 0.267. The lowest BCUT2D eigenvalue weighted by Crippen LogP contribution is -2.05. The highest BCUT2D eigenvalue weighted by molar-refractivity contribution is 6.17. The van der Waals surface area contributed by atoms with Gasteiger partial charge in [-0.3, -0.25) is 0 Å². The number of nitrogens with zero attached hydrogens (tertiary/aromatic N) is 2. The van der Waals surface area contributed by atoms with Crippen molar-refractivity contribution < 1.29 is 4.74 Å². The summed E-state index contributed by atoms with van der Waals surface area (Å²) in [4.78, 5) is 8.31. The molecule has 1 aromatic heterocycles. The van der Waals surface area contributed by atoms with E-state index in [4.69, 9.17) is 16.3 Å². The summed E-state index contributed by atoms with van der Waals surface area (Å²) >= 11 is 5.71. The molecular formula is C11H17ClN2O. The molecule has 0 aliphatic carbocycles. The molecule has 0 amide bonds. The molecule has 1 aromatic rings. The van der Waals surface area contributed by atoms with Crippen LogP contribution in [-0.4, -0.2) is 16.6 Å². The van der Waals surface area contributed by atoms with Crippen molar-refractivity contribution >= 4 is 11.6 Å². The first kappa shape index (κ1) is 12.2. The van der Waals surface area contributed by atoms with Crippen molar-refractivity contribution in [3.63, 3.8) is 0 Å². The molecule has 0 aliphatic rings. The smallest absolute Gasteiger partial charge is 0.316 e. The number of hydrogen-bond acceptors (Lipinski definition) is 3. The van der Waals surface area contributed by atoms with E-state index in [0.717, 1.165) is 17.7 Å². The second-order valence-corrected chi connectivity index (χ2v) is 4.20. The fourth-order valence-electron chi connectivity index (χ4n) is 1.06. The summed E-state index contributed by atoms with van der Waals surface area (Å²) in [5.41, 5.74) is 1.84. The first-order valence-electron chi connectivity index (χ1n) is 5.14. The monoisotopic (exact) mass is 228 g/mol. The van der Waals surface area contributed by atoms with Crippen LogP contribution in [0.3, 0.4) is 0 Å². The Morgan fingerprint density at radius 2 is 2.20 bits per heavy atom. The minimum absolute atomic E-state index is 0.443. The number of aromatic nitrogens is 2. The normalized spacial score (nSPS) is 10.7. The van der Waals surface area contributed by atoms with E-state index in [0.29, 0.717) is 24.4 Å². The number of alkyl halides is 1. The molecule has 0 aromatic carbocycles. The van der Waals surface area contributed by atoms with E-state index in [1.807, 2.05) is 6.92 Å². The maximum absolute atomic E-state index is 5.71. The summed E-state index contributed by atoms with van der Waals surface area (Å²) in [5.74, 6) is 1.08. The molecule has 0 atom stereocenters. The highest BCUT2D eigenvalue weighted by atomic mass is 35.5. The van der Waals surface area contributed by atoms with Crippen molar-refractivity contribution in [2.24, 2.45) is 5.92 Å². The Bertz CT molecular complexity index is 315. The highest BCUT2D eigenvalue weighted by Crippen LogP contribution is 2.11. The van der Waals surface area contributed by atoms with E-state index in [1.165, 1.54) is 0 Å². The van der Waals surface area contributed by atoms with E-state index in [-0.39, 0.29) is 0 Å². The third-order valence-corrected chi connectivity index (χ3v) is 2.42. The number of halogens is 1. The van der Waals surface area contributed by atoms with E-state index < -0.39 is 0 Å². The van der Waals surface area contributed by atoms with Gasteiger partial charge < -0.3 is 4.74 Å². The first-order valence-corrected chi connectivity index (χ1v) is 5.68. The van der Waals surface area contributed by atoms with Crippen LogP contribution in [-0.2, 0) is 5.88 Å². The predicted octanol–water partition coefficient (Wildman–Crippen LogP) is 2.95. The minimum atomic E-state index is 0.443. The van der Waals surface area contributed by atoms with Crippen molar-refractivity contribution in [2.75, 3.05) is 6.61 Å². The molecule has 3 nitrogen and oxygen atoms in total. The SMILES string of the molecule is Cc1nc(OCCC(C)C)ncc1CCl. The summed E-state index contributed by atoms with van der Waals surface area (Å²) in [6.45, 7) is 6.89. The molecule has 0 saturated carbocycles.